The topological polar surface area (TPSA) is 95.9 Å². The van der Waals surface area contributed by atoms with E-state index < -0.39 is 12.1 Å². The number of carbonyl (C=O) groups is 2. The summed E-state index contributed by atoms with van der Waals surface area (Å²) in [5, 5.41) is 23.3. The van der Waals surface area contributed by atoms with Gasteiger partial charge >= 0.3 is 5.97 Å². The van der Waals surface area contributed by atoms with Crippen LogP contribution in [-0.4, -0.2) is 47.4 Å². The van der Waals surface area contributed by atoms with Crippen LogP contribution >= 0.6 is 0 Å². The fraction of sp³-hybridized carbons (Fsp3) is 0.919. The number of unbranched alkanes of at least 4 members (excludes halogenated alkanes) is 56. The molecule has 474 valence electrons. The minimum atomic E-state index is -0.846. The molecular formula is C74H143NO5. The lowest BCUT2D eigenvalue weighted by molar-refractivity contribution is -0.143. The molecule has 2 unspecified atom stereocenters. The fourth-order valence-electron chi connectivity index (χ4n) is 11.6. The van der Waals surface area contributed by atoms with Gasteiger partial charge < -0.3 is 20.3 Å². The lowest BCUT2D eigenvalue weighted by atomic mass is 10.0. The van der Waals surface area contributed by atoms with Crippen molar-refractivity contribution in [1.29, 1.82) is 0 Å². The molecule has 0 aromatic rings. The molecule has 0 radical (unpaired) electrons. The van der Waals surface area contributed by atoms with Crippen LogP contribution in [0, 0.1) is 0 Å². The van der Waals surface area contributed by atoms with Crippen LogP contribution in [-0.2, 0) is 14.3 Å². The van der Waals surface area contributed by atoms with E-state index in [1.54, 1.807) is 6.08 Å². The molecule has 0 fully saturated rings. The summed E-state index contributed by atoms with van der Waals surface area (Å²) in [6.45, 7) is 4.94. The van der Waals surface area contributed by atoms with Gasteiger partial charge in [0.05, 0.1) is 25.4 Å². The highest BCUT2D eigenvalue weighted by atomic mass is 16.5. The SMILES string of the molecule is CCCCCCCC/C=C\CCCCCCCCCC(=O)OCCCCCCCCCCCCCCCCCCCCCCCCC(=O)NC(CO)C(O)/C=C/CCCCCCCCCCCCCCCCCCCCCCCC. The third kappa shape index (κ3) is 65.5. The van der Waals surface area contributed by atoms with Crippen molar-refractivity contribution in [2.24, 2.45) is 0 Å². The van der Waals surface area contributed by atoms with Gasteiger partial charge in [0.25, 0.3) is 0 Å². The van der Waals surface area contributed by atoms with Gasteiger partial charge in [0, 0.05) is 12.8 Å². The first kappa shape index (κ1) is 78.3. The molecule has 80 heavy (non-hydrogen) atoms. The van der Waals surface area contributed by atoms with E-state index in [1.807, 2.05) is 6.08 Å². The van der Waals surface area contributed by atoms with Crippen molar-refractivity contribution in [1.82, 2.24) is 5.32 Å². The predicted octanol–water partition coefficient (Wildman–Crippen LogP) is 23.7. The monoisotopic (exact) mass is 1130 g/mol. The molecule has 0 aliphatic rings. The van der Waals surface area contributed by atoms with Crippen molar-refractivity contribution in [3.05, 3.63) is 24.3 Å². The van der Waals surface area contributed by atoms with Crippen LogP contribution in [0.1, 0.15) is 412 Å². The number of hydrogen-bond acceptors (Lipinski definition) is 5. The lowest BCUT2D eigenvalue weighted by Crippen LogP contribution is -2.45. The number of carbonyl (C=O) groups excluding carboxylic acids is 2. The summed E-state index contributed by atoms with van der Waals surface area (Å²) >= 11 is 0. The first-order valence-electron chi connectivity index (χ1n) is 36.6. The van der Waals surface area contributed by atoms with Crippen molar-refractivity contribution in [3.8, 4) is 0 Å². The van der Waals surface area contributed by atoms with E-state index in [4.69, 9.17) is 4.74 Å². The minimum absolute atomic E-state index is 0.0105. The number of rotatable bonds is 69. The quantitative estimate of drug-likeness (QED) is 0.0320. The van der Waals surface area contributed by atoms with Crippen LogP contribution in [0.2, 0.25) is 0 Å². The number of aliphatic hydroxyl groups excluding tert-OH is 2. The summed E-state index contributed by atoms with van der Waals surface area (Å²) in [6.07, 6.45) is 88.3. The van der Waals surface area contributed by atoms with Crippen molar-refractivity contribution < 1.29 is 24.5 Å². The van der Waals surface area contributed by atoms with E-state index in [2.05, 4.69) is 31.3 Å². The summed E-state index contributed by atoms with van der Waals surface area (Å²) in [5.41, 5.74) is 0. The van der Waals surface area contributed by atoms with Crippen LogP contribution in [0.4, 0.5) is 0 Å². The van der Waals surface area contributed by atoms with Crippen molar-refractivity contribution in [3.63, 3.8) is 0 Å². The molecule has 0 spiro atoms. The Kier molecular flexibility index (Phi) is 68.4. The van der Waals surface area contributed by atoms with Gasteiger partial charge in [-0.3, -0.25) is 9.59 Å². The maximum Gasteiger partial charge on any atom is 0.305 e. The molecule has 6 nitrogen and oxygen atoms in total. The number of esters is 1. The van der Waals surface area contributed by atoms with Gasteiger partial charge in [0.1, 0.15) is 0 Å². The summed E-state index contributed by atoms with van der Waals surface area (Å²) in [4.78, 5) is 24.6. The Morgan fingerprint density at radius 1 is 0.338 bits per heavy atom. The maximum atomic E-state index is 12.5. The summed E-state index contributed by atoms with van der Waals surface area (Å²) in [6, 6.07) is -0.629. The Bertz CT molecular complexity index is 1250. The highest BCUT2D eigenvalue weighted by molar-refractivity contribution is 5.76. The molecule has 1 amide bonds. The molecule has 0 aromatic heterocycles. The Balaban J connectivity index is 3.40. The largest absolute Gasteiger partial charge is 0.466 e. The third-order valence-corrected chi connectivity index (χ3v) is 17.2. The zero-order valence-electron chi connectivity index (χ0n) is 54.3. The predicted molar refractivity (Wildman–Crippen MR) is 352 cm³/mol. The molecular weight excluding hydrogens is 983 g/mol. The Morgan fingerprint density at radius 3 is 0.887 bits per heavy atom. The van der Waals surface area contributed by atoms with Crippen molar-refractivity contribution >= 4 is 11.9 Å². The van der Waals surface area contributed by atoms with Crippen LogP contribution in [0.5, 0.6) is 0 Å². The Labute approximate surface area is 501 Å². The summed E-state index contributed by atoms with van der Waals surface area (Å²) in [7, 11) is 0. The average Bonchev–Trinajstić information content (AvgIpc) is 3.46. The second-order valence-electron chi connectivity index (χ2n) is 25.3. The normalized spacial score (nSPS) is 12.6. The third-order valence-electron chi connectivity index (χ3n) is 17.2. The average molecular weight is 1130 g/mol. The van der Waals surface area contributed by atoms with Gasteiger partial charge in [0.15, 0.2) is 0 Å². The first-order chi connectivity index (χ1) is 39.5. The number of aliphatic hydroxyl groups is 2. The Hall–Kier alpha value is -1.66. The summed E-state index contributed by atoms with van der Waals surface area (Å²) in [5.74, 6) is -0.0530. The minimum Gasteiger partial charge on any atom is -0.466 e. The number of allylic oxidation sites excluding steroid dienone is 3. The highest BCUT2D eigenvalue weighted by Gasteiger charge is 2.18. The molecule has 3 N–H and O–H groups in total. The van der Waals surface area contributed by atoms with Gasteiger partial charge in [-0.05, 0) is 57.8 Å². The molecule has 0 saturated heterocycles. The molecule has 0 aliphatic heterocycles. The molecule has 2 atom stereocenters. The van der Waals surface area contributed by atoms with Crippen LogP contribution in [0.25, 0.3) is 0 Å². The second kappa shape index (κ2) is 69.8. The van der Waals surface area contributed by atoms with Crippen molar-refractivity contribution in [2.75, 3.05) is 13.2 Å². The lowest BCUT2D eigenvalue weighted by Gasteiger charge is -2.20. The molecule has 0 aromatic carbocycles. The van der Waals surface area contributed by atoms with E-state index in [9.17, 15) is 19.8 Å². The van der Waals surface area contributed by atoms with Crippen LogP contribution in [0.15, 0.2) is 24.3 Å². The maximum absolute atomic E-state index is 12.5. The fourth-order valence-corrected chi connectivity index (χ4v) is 11.6. The van der Waals surface area contributed by atoms with E-state index in [0.717, 1.165) is 44.9 Å². The summed E-state index contributed by atoms with van der Waals surface area (Å²) < 4.78 is 5.50. The zero-order chi connectivity index (χ0) is 57.8. The van der Waals surface area contributed by atoms with E-state index in [0.29, 0.717) is 19.4 Å². The van der Waals surface area contributed by atoms with Crippen LogP contribution < -0.4 is 5.32 Å². The first-order valence-corrected chi connectivity index (χ1v) is 36.6. The van der Waals surface area contributed by atoms with Gasteiger partial charge in [-0.2, -0.15) is 0 Å². The van der Waals surface area contributed by atoms with E-state index >= 15 is 0 Å². The number of amides is 1. The highest BCUT2D eigenvalue weighted by Crippen LogP contribution is 2.19. The molecule has 0 saturated carbocycles. The number of nitrogens with one attached hydrogen (secondary N) is 1. The smallest absolute Gasteiger partial charge is 0.305 e. The molecule has 0 rings (SSSR count). The molecule has 0 heterocycles. The zero-order valence-corrected chi connectivity index (χ0v) is 54.3. The Morgan fingerprint density at radius 2 is 0.588 bits per heavy atom. The molecule has 0 bridgehead atoms. The standard InChI is InChI=1S/C74H143NO5/c1-3-5-7-9-11-13-15-17-19-21-22-23-24-25-28-31-35-38-42-46-50-54-58-62-66-72(77)71(70-76)75-73(78)67-63-59-55-51-47-43-39-36-32-29-26-27-30-33-37-41-45-49-53-57-61-65-69-80-74(79)68-64-60-56-52-48-44-40-34-20-18-16-14-12-10-8-6-4-2/h18,20,62,66,71-72,76-77H,3-17,19,21-61,63-65,67-70H2,1-2H3,(H,75,78)/b20-18-,66-62+. The van der Waals surface area contributed by atoms with Gasteiger partial charge in [-0.15, -0.1) is 0 Å². The van der Waals surface area contributed by atoms with Crippen molar-refractivity contribution in [2.45, 2.75) is 424 Å². The van der Waals surface area contributed by atoms with Gasteiger partial charge in [-0.25, -0.2) is 0 Å². The molecule has 0 aliphatic carbocycles. The second-order valence-corrected chi connectivity index (χ2v) is 25.3. The molecule has 6 heteroatoms. The number of ether oxygens (including phenoxy) is 1. The number of hydrogen-bond donors (Lipinski definition) is 3. The van der Waals surface area contributed by atoms with Gasteiger partial charge in [-0.1, -0.05) is 366 Å². The van der Waals surface area contributed by atoms with Gasteiger partial charge in [0.2, 0.25) is 5.91 Å². The van der Waals surface area contributed by atoms with E-state index in [1.165, 1.54) is 340 Å². The van der Waals surface area contributed by atoms with Crippen LogP contribution in [0.3, 0.4) is 0 Å². The van der Waals surface area contributed by atoms with E-state index in [-0.39, 0.29) is 18.5 Å².